The number of carbonyl (C=O) groups is 1. The number of hydrogen-bond acceptors (Lipinski definition) is 5. The third-order valence-corrected chi connectivity index (χ3v) is 4.51. The second-order valence-corrected chi connectivity index (χ2v) is 6.65. The predicted octanol–water partition coefficient (Wildman–Crippen LogP) is 5.39. The molecule has 3 aromatic rings. The van der Waals surface area contributed by atoms with Crippen LogP contribution in [0.5, 0.6) is 11.5 Å². The van der Waals surface area contributed by atoms with Crippen LogP contribution in [-0.2, 0) is 6.61 Å². The molecular formula is C24H21NO5. The molecule has 0 saturated carbocycles. The first kappa shape index (κ1) is 20.8. The smallest absolute Gasteiger partial charge is 0.310 e. The highest BCUT2D eigenvalue weighted by Gasteiger charge is 2.14. The van der Waals surface area contributed by atoms with E-state index in [4.69, 9.17) is 9.47 Å². The Hall–Kier alpha value is -3.93. The number of allylic oxidation sites excluding steroid dienone is 1. The molecule has 0 aliphatic rings. The van der Waals surface area contributed by atoms with Crippen molar-refractivity contribution in [1.82, 2.24) is 0 Å². The minimum atomic E-state index is -0.484. The van der Waals surface area contributed by atoms with Crippen molar-refractivity contribution in [3.8, 4) is 11.5 Å². The molecule has 0 spiro atoms. The summed E-state index contributed by atoms with van der Waals surface area (Å²) in [5.41, 5.74) is 3.11. The van der Waals surface area contributed by atoms with Crippen LogP contribution in [0.15, 0.2) is 72.8 Å². The number of para-hydroxylation sites is 2. The highest BCUT2D eigenvalue weighted by molar-refractivity contribution is 6.06. The zero-order valence-corrected chi connectivity index (χ0v) is 16.7. The fourth-order valence-electron chi connectivity index (χ4n) is 2.89. The zero-order chi connectivity index (χ0) is 21.5. The maximum Gasteiger partial charge on any atom is 0.310 e. The highest BCUT2D eigenvalue weighted by Crippen LogP contribution is 2.28. The maximum atomic E-state index is 12.3. The van der Waals surface area contributed by atoms with Crippen LogP contribution in [0.3, 0.4) is 0 Å². The van der Waals surface area contributed by atoms with Crippen molar-refractivity contribution in [2.24, 2.45) is 0 Å². The van der Waals surface area contributed by atoms with Crippen LogP contribution in [0.4, 0.5) is 5.69 Å². The average molecular weight is 403 g/mol. The molecular weight excluding hydrogens is 382 g/mol. The largest absolute Gasteiger partial charge is 0.496 e. The van der Waals surface area contributed by atoms with Crippen molar-refractivity contribution < 1.29 is 19.2 Å². The molecule has 0 N–H and O–H groups in total. The van der Waals surface area contributed by atoms with Gasteiger partial charge in [-0.15, -0.1) is 0 Å². The molecule has 0 aliphatic heterocycles. The maximum absolute atomic E-state index is 12.3. The van der Waals surface area contributed by atoms with E-state index in [2.05, 4.69) is 0 Å². The van der Waals surface area contributed by atoms with Crippen molar-refractivity contribution in [1.29, 1.82) is 0 Å². The van der Waals surface area contributed by atoms with Crippen LogP contribution < -0.4 is 9.47 Å². The van der Waals surface area contributed by atoms with Gasteiger partial charge in [-0.25, -0.2) is 0 Å². The molecule has 30 heavy (non-hydrogen) atoms. The van der Waals surface area contributed by atoms with Gasteiger partial charge in [0.25, 0.3) is 0 Å². The SMILES string of the molecule is COc1ccc(/C=C/C(=O)c2ccc(C)cc2)cc1COc1ccccc1[N+](=O)[O-]. The van der Waals surface area contributed by atoms with Gasteiger partial charge in [-0.05, 0) is 36.8 Å². The van der Waals surface area contributed by atoms with Gasteiger partial charge in [0.15, 0.2) is 11.5 Å². The van der Waals surface area contributed by atoms with Gasteiger partial charge in [-0.3, -0.25) is 14.9 Å². The summed E-state index contributed by atoms with van der Waals surface area (Å²) < 4.78 is 11.0. The molecule has 3 aromatic carbocycles. The average Bonchev–Trinajstić information content (AvgIpc) is 2.76. The van der Waals surface area contributed by atoms with E-state index in [0.29, 0.717) is 16.9 Å². The summed E-state index contributed by atoms with van der Waals surface area (Å²) in [5.74, 6) is 0.680. The number of carbonyl (C=O) groups excluding carboxylic acids is 1. The Kier molecular flexibility index (Phi) is 6.60. The van der Waals surface area contributed by atoms with Crippen molar-refractivity contribution in [3.05, 3.63) is 105 Å². The summed E-state index contributed by atoms with van der Waals surface area (Å²) in [6, 6.07) is 19.0. The molecule has 0 aliphatic carbocycles. The number of hydrogen-bond donors (Lipinski definition) is 0. The summed E-state index contributed by atoms with van der Waals surface area (Å²) in [7, 11) is 1.54. The second kappa shape index (κ2) is 9.52. The zero-order valence-electron chi connectivity index (χ0n) is 16.7. The molecule has 0 aromatic heterocycles. The third-order valence-electron chi connectivity index (χ3n) is 4.51. The summed E-state index contributed by atoms with van der Waals surface area (Å²) in [4.78, 5) is 23.0. The van der Waals surface area contributed by atoms with Crippen molar-refractivity contribution in [3.63, 3.8) is 0 Å². The number of benzene rings is 3. The topological polar surface area (TPSA) is 78.7 Å². The Labute approximate surface area is 174 Å². The molecule has 0 radical (unpaired) electrons. The minimum Gasteiger partial charge on any atom is -0.496 e. The standard InChI is InChI=1S/C24H21NO5/c1-17-7-11-19(12-8-17)22(26)13-9-18-10-14-23(29-2)20(15-18)16-30-24-6-4-3-5-21(24)25(27)28/h3-15H,16H2,1-2H3/b13-9+. The quantitative estimate of drug-likeness (QED) is 0.218. The number of aryl methyl sites for hydroxylation is 1. The molecule has 3 rings (SSSR count). The third kappa shape index (κ3) is 5.11. The molecule has 0 atom stereocenters. The van der Waals surface area contributed by atoms with E-state index in [1.54, 1.807) is 49.6 Å². The fraction of sp³-hybridized carbons (Fsp3) is 0.125. The molecule has 0 bridgehead atoms. The van der Waals surface area contributed by atoms with Gasteiger partial charge in [0.1, 0.15) is 12.4 Å². The molecule has 0 saturated heterocycles. The summed E-state index contributed by atoms with van der Waals surface area (Å²) in [6.45, 7) is 2.05. The van der Waals surface area contributed by atoms with Crippen LogP contribution >= 0.6 is 0 Å². The van der Waals surface area contributed by atoms with Crippen molar-refractivity contribution >= 4 is 17.5 Å². The monoisotopic (exact) mass is 403 g/mol. The van der Waals surface area contributed by atoms with E-state index in [9.17, 15) is 14.9 Å². The first-order valence-corrected chi connectivity index (χ1v) is 9.30. The van der Waals surface area contributed by atoms with Gasteiger partial charge in [-0.2, -0.15) is 0 Å². The van der Waals surface area contributed by atoms with Crippen LogP contribution in [0.2, 0.25) is 0 Å². The van der Waals surface area contributed by atoms with Crippen LogP contribution in [-0.4, -0.2) is 17.8 Å². The number of rotatable bonds is 8. The Balaban J connectivity index is 1.77. The van der Waals surface area contributed by atoms with Crippen LogP contribution in [0.1, 0.15) is 27.0 Å². The van der Waals surface area contributed by atoms with Crippen molar-refractivity contribution in [2.45, 2.75) is 13.5 Å². The molecule has 0 heterocycles. The number of methoxy groups -OCH3 is 1. The van der Waals surface area contributed by atoms with E-state index in [-0.39, 0.29) is 23.8 Å². The molecule has 6 heteroatoms. The number of ketones is 1. The molecule has 152 valence electrons. The lowest BCUT2D eigenvalue weighted by Gasteiger charge is -2.11. The van der Waals surface area contributed by atoms with E-state index < -0.39 is 4.92 Å². The Morgan fingerprint density at radius 2 is 1.77 bits per heavy atom. The first-order chi connectivity index (χ1) is 14.5. The Morgan fingerprint density at radius 3 is 2.47 bits per heavy atom. The summed E-state index contributed by atoms with van der Waals surface area (Å²) >= 11 is 0. The van der Waals surface area contributed by atoms with E-state index in [0.717, 1.165) is 11.1 Å². The predicted molar refractivity (Wildman–Crippen MR) is 115 cm³/mol. The summed E-state index contributed by atoms with van der Waals surface area (Å²) in [6.07, 6.45) is 3.23. The minimum absolute atomic E-state index is 0.0849. The van der Waals surface area contributed by atoms with E-state index in [1.165, 1.54) is 12.1 Å². The molecule has 0 fully saturated rings. The van der Waals surface area contributed by atoms with Gasteiger partial charge < -0.3 is 9.47 Å². The van der Waals surface area contributed by atoms with Crippen LogP contribution in [0, 0.1) is 17.0 Å². The van der Waals surface area contributed by atoms with E-state index in [1.807, 2.05) is 31.2 Å². The lowest BCUT2D eigenvalue weighted by atomic mass is 10.1. The molecule has 0 amide bonds. The van der Waals surface area contributed by atoms with Crippen LogP contribution in [0.25, 0.3) is 6.08 Å². The highest BCUT2D eigenvalue weighted by atomic mass is 16.6. The van der Waals surface area contributed by atoms with Gasteiger partial charge in [0, 0.05) is 17.2 Å². The normalized spacial score (nSPS) is 10.7. The second-order valence-electron chi connectivity index (χ2n) is 6.65. The Morgan fingerprint density at radius 1 is 1.03 bits per heavy atom. The number of nitrogens with zero attached hydrogens (tertiary/aromatic N) is 1. The number of nitro benzene ring substituents is 1. The lowest BCUT2D eigenvalue weighted by molar-refractivity contribution is -0.385. The number of nitro groups is 1. The van der Waals surface area contributed by atoms with E-state index >= 15 is 0 Å². The van der Waals surface area contributed by atoms with Gasteiger partial charge in [-0.1, -0.05) is 54.1 Å². The Bertz CT molecular complexity index is 1090. The molecule has 0 unspecified atom stereocenters. The fourth-order valence-corrected chi connectivity index (χ4v) is 2.89. The molecule has 6 nitrogen and oxygen atoms in total. The summed E-state index contributed by atoms with van der Waals surface area (Å²) in [5, 5.41) is 11.2. The van der Waals surface area contributed by atoms with Gasteiger partial charge in [0.05, 0.1) is 12.0 Å². The number of ether oxygens (including phenoxy) is 2. The lowest BCUT2D eigenvalue weighted by Crippen LogP contribution is -2.01. The first-order valence-electron chi connectivity index (χ1n) is 9.30. The van der Waals surface area contributed by atoms with Gasteiger partial charge in [0.2, 0.25) is 0 Å². The van der Waals surface area contributed by atoms with Crippen molar-refractivity contribution in [2.75, 3.05) is 7.11 Å². The van der Waals surface area contributed by atoms with Gasteiger partial charge >= 0.3 is 5.69 Å².